The molecule has 1 N–H and O–H groups in total. The molecule has 2 aromatic heterocycles. The van der Waals surface area contributed by atoms with E-state index in [0.29, 0.717) is 39.4 Å². The molecule has 0 saturated heterocycles. The lowest BCUT2D eigenvalue weighted by atomic mass is 9.58. The number of nitrogens with zero attached hydrogens (tertiary/aromatic N) is 2. The zero-order valence-corrected chi connectivity index (χ0v) is 21.9. The summed E-state index contributed by atoms with van der Waals surface area (Å²) in [6.07, 6.45) is 16.1. The van der Waals surface area contributed by atoms with Crippen molar-refractivity contribution >= 4 is 35.2 Å². The van der Waals surface area contributed by atoms with E-state index in [4.69, 9.17) is 37.6 Å². The third-order valence-corrected chi connectivity index (χ3v) is 8.98. The number of ether oxygens (including phenoxy) is 1. The summed E-state index contributed by atoms with van der Waals surface area (Å²) in [6, 6.07) is 7.04. The molecule has 0 aliphatic heterocycles. The molecule has 3 aromatic rings. The van der Waals surface area contributed by atoms with Gasteiger partial charge in [-0.2, -0.15) is 0 Å². The average Bonchev–Trinajstić information content (AvgIpc) is 3.68. The Morgan fingerprint density at radius 2 is 1.70 bits per heavy atom. The number of rotatable bonds is 8. The molecule has 4 fully saturated rings. The van der Waals surface area contributed by atoms with Crippen LogP contribution in [0.1, 0.15) is 84.5 Å². The Labute approximate surface area is 225 Å². The Kier molecular flexibility index (Phi) is 6.38. The van der Waals surface area contributed by atoms with E-state index in [-0.39, 0.29) is 11.0 Å². The van der Waals surface area contributed by atoms with Gasteiger partial charge in [0.1, 0.15) is 11.5 Å². The van der Waals surface area contributed by atoms with Crippen molar-refractivity contribution in [2.24, 2.45) is 5.41 Å². The van der Waals surface area contributed by atoms with Crippen LogP contribution in [0.15, 0.2) is 47.3 Å². The maximum atomic E-state index is 11.1. The van der Waals surface area contributed by atoms with Gasteiger partial charge >= 0.3 is 5.97 Å². The molecule has 0 amide bonds. The van der Waals surface area contributed by atoms with Crippen molar-refractivity contribution in [3.05, 3.63) is 75.2 Å². The first-order valence-electron chi connectivity index (χ1n) is 12.8. The van der Waals surface area contributed by atoms with Gasteiger partial charge in [0.25, 0.3) is 0 Å². The highest BCUT2D eigenvalue weighted by molar-refractivity contribution is 6.38. The van der Waals surface area contributed by atoms with Crippen molar-refractivity contribution in [1.29, 1.82) is 0 Å². The molecule has 0 atom stereocenters. The topological polar surface area (TPSA) is 85.5 Å². The van der Waals surface area contributed by atoms with Gasteiger partial charge in [-0.05, 0) is 74.5 Å². The Morgan fingerprint density at radius 1 is 1.05 bits per heavy atom. The molecule has 0 unspecified atom stereocenters. The van der Waals surface area contributed by atoms with Gasteiger partial charge in [-0.15, -0.1) is 0 Å². The molecule has 37 heavy (non-hydrogen) atoms. The van der Waals surface area contributed by atoms with Crippen LogP contribution in [0.5, 0.6) is 0 Å². The van der Waals surface area contributed by atoms with Crippen LogP contribution in [-0.4, -0.2) is 26.8 Å². The van der Waals surface area contributed by atoms with Crippen molar-refractivity contribution in [1.82, 2.24) is 10.1 Å². The monoisotopic (exact) mass is 538 g/mol. The lowest BCUT2D eigenvalue weighted by molar-refractivity contribution is -0.133. The highest BCUT2D eigenvalue weighted by atomic mass is 35.5. The summed E-state index contributed by atoms with van der Waals surface area (Å²) in [6.45, 7) is 0.429. The van der Waals surface area contributed by atoms with Gasteiger partial charge < -0.3 is 14.4 Å². The number of hydrogen-bond donors (Lipinski definition) is 1. The summed E-state index contributed by atoms with van der Waals surface area (Å²) in [5.74, 6) is 0.379. The molecule has 1 aromatic carbocycles. The Morgan fingerprint density at radius 3 is 2.30 bits per heavy atom. The number of carbonyl (C=O) groups is 1. The van der Waals surface area contributed by atoms with Crippen LogP contribution in [0, 0.1) is 5.41 Å². The average molecular weight is 539 g/mol. The number of pyridine rings is 1. The fourth-order valence-corrected chi connectivity index (χ4v) is 6.39. The van der Waals surface area contributed by atoms with E-state index in [1.807, 2.05) is 12.1 Å². The summed E-state index contributed by atoms with van der Waals surface area (Å²) in [4.78, 5) is 15.2. The molecule has 0 radical (unpaired) electrons. The van der Waals surface area contributed by atoms with Gasteiger partial charge in [0, 0.05) is 29.4 Å². The standard InChI is InChI=1S/C29H28Cl2N2O4/c30-22-15-32-16-23(31)24(22)25-21(26(37-33-25)19-5-6-19)17-36-29-12-9-28(10-13-29,11-14-29)8-7-18-1-3-20(4-2-18)27(34)35/h1-4,7-8,15-16,19H,5-6,9-14,17H2,(H,34,35)/b8-7+. The smallest absolute Gasteiger partial charge is 0.335 e. The number of hydrogen-bond acceptors (Lipinski definition) is 5. The maximum absolute atomic E-state index is 11.1. The van der Waals surface area contributed by atoms with Crippen LogP contribution in [0.4, 0.5) is 0 Å². The number of aromatic nitrogens is 2. The third-order valence-electron chi connectivity index (χ3n) is 8.40. The van der Waals surface area contributed by atoms with Gasteiger partial charge in [0.15, 0.2) is 0 Å². The zero-order chi connectivity index (χ0) is 25.6. The molecular formula is C29H28Cl2N2O4. The van der Waals surface area contributed by atoms with Crippen molar-refractivity contribution in [3.8, 4) is 11.3 Å². The second-order valence-electron chi connectivity index (χ2n) is 10.7. The number of benzene rings is 1. The summed E-state index contributed by atoms with van der Waals surface area (Å²) in [5.41, 5.74) is 3.64. The van der Waals surface area contributed by atoms with Crippen LogP contribution in [0.2, 0.25) is 10.0 Å². The van der Waals surface area contributed by atoms with E-state index >= 15 is 0 Å². The van der Waals surface area contributed by atoms with E-state index in [0.717, 1.165) is 68.3 Å². The van der Waals surface area contributed by atoms with Crippen molar-refractivity contribution in [3.63, 3.8) is 0 Å². The molecule has 4 aliphatic rings. The van der Waals surface area contributed by atoms with E-state index in [9.17, 15) is 4.79 Å². The van der Waals surface area contributed by atoms with E-state index in [2.05, 4.69) is 22.3 Å². The predicted molar refractivity (Wildman–Crippen MR) is 142 cm³/mol. The Hall–Kier alpha value is -2.67. The van der Waals surface area contributed by atoms with E-state index in [1.54, 1.807) is 24.5 Å². The molecule has 2 bridgehead atoms. The normalized spacial score (nSPS) is 25.1. The molecule has 6 nitrogen and oxygen atoms in total. The lowest BCUT2D eigenvalue weighted by Gasteiger charge is -2.52. The second kappa shape index (κ2) is 9.57. The van der Waals surface area contributed by atoms with Gasteiger partial charge in [-0.1, -0.05) is 52.6 Å². The largest absolute Gasteiger partial charge is 0.478 e. The first-order valence-corrected chi connectivity index (χ1v) is 13.6. The molecule has 2 heterocycles. The Balaban J connectivity index is 1.16. The molecule has 4 aliphatic carbocycles. The number of carboxylic acids is 1. The van der Waals surface area contributed by atoms with Crippen LogP contribution < -0.4 is 0 Å². The van der Waals surface area contributed by atoms with Gasteiger partial charge in [-0.25, -0.2) is 4.79 Å². The maximum Gasteiger partial charge on any atom is 0.335 e. The number of allylic oxidation sites excluding steroid dienone is 1. The minimum absolute atomic E-state index is 0.139. The second-order valence-corrected chi connectivity index (χ2v) is 11.5. The molecule has 7 rings (SSSR count). The summed E-state index contributed by atoms with van der Waals surface area (Å²) in [7, 11) is 0. The third kappa shape index (κ3) is 4.83. The summed E-state index contributed by atoms with van der Waals surface area (Å²) in [5, 5.41) is 14.4. The lowest BCUT2D eigenvalue weighted by Crippen LogP contribution is -2.46. The van der Waals surface area contributed by atoms with E-state index < -0.39 is 5.97 Å². The van der Waals surface area contributed by atoms with Crippen LogP contribution in [-0.2, 0) is 11.3 Å². The molecular weight excluding hydrogens is 511 g/mol. The van der Waals surface area contributed by atoms with Crippen molar-refractivity contribution in [2.45, 2.75) is 69.5 Å². The first-order chi connectivity index (χ1) is 17.9. The fraction of sp³-hybridized carbons (Fsp3) is 0.414. The molecule has 4 saturated carbocycles. The van der Waals surface area contributed by atoms with Gasteiger partial charge in [0.2, 0.25) is 0 Å². The number of halogens is 2. The van der Waals surface area contributed by atoms with Crippen LogP contribution in [0.3, 0.4) is 0 Å². The first kappa shape index (κ1) is 24.7. The molecule has 0 spiro atoms. The number of fused-ring (bicyclic) bond motifs is 3. The quantitative estimate of drug-likeness (QED) is 0.313. The highest BCUT2D eigenvalue weighted by Crippen LogP contribution is 2.55. The van der Waals surface area contributed by atoms with E-state index in [1.165, 1.54) is 0 Å². The SMILES string of the molecule is O=C(O)c1ccc(/C=C/C23CCC(OCc4c(-c5c(Cl)cncc5Cl)noc4C4CC4)(CC2)CC3)cc1. The molecule has 192 valence electrons. The van der Waals surface area contributed by atoms with Crippen LogP contribution in [0.25, 0.3) is 17.3 Å². The van der Waals surface area contributed by atoms with Gasteiger partial charge in [0.05, 0.1) is 27.8 Å². The van der Waals surface area contributed by atoms with Gasteiger partial charge in [-0.3, -0.25) is 4.98 Å². The summed E-state index contributed by atoms with van der Waals surface area (Å²) < 4.78 is 12.5. The van der Waals surface area contributed by atoms with Crippen LogP contribution >= 0.6 is 23.2 Å². The minimum Gasteiger partial charge on any atom is -0.478 e. The Bertz CT molecular complexity index is 1320. The highest BCUT2D eigenvalue weighted by Gasteiger charge is 2.48. The minimum atomic E-state index is -0.903. The molecule has 8 heteroatoms. The fourth-order valence-electron chi connectivity index (χ4n) is 5.84. The van der Waals surface area contributed by atoms with Crippen molar-refractivity contribution < 1.29 is 19.2 Å². The predicted octanol–water partition coefficient (Wildman–Crippen LogP) is 7.94. The zero-order valence-electron chi connectivity index (χ0n) is 20.4. The van der Waals surface area contributed by atoms with Crippen molar-refractivity contribution in [2.75, 3.05) is 0 Å². The summed E-state index contributed by atoms with van der Waals surface area (Å²) >= 11 is 12.9. The number of carboxylic acid groups (broad SMARTS) is 1. The number of aromatic carboxylic acids is 1.